The molecular weight excluding hydrogens is 312 g/mol. The van der Waals surface area contributed by atoms with Gasteiger partial charge in [0.2, 0.25) is 0 Å². The van der Waals surface area contributed by atoms with Gasteiger partial charge in [0.05, 0.1) is 12.5 Å². The molecule has 4 rings (SSSR count). The van der Waals surface area contributed by atoms with Gasteiger partial charge in [0, 0.05) is 27.8 Å². The summed E-state index contributed by atoms with van der Waals surface area (Å²) in [5.74, 6) is -0.283. The average Bonchev–Trinajstić information content (AvgIpc) is 3.17. The molecule has 5 heteroatoms. The van der Waals surface area contributed by atoms with Crippen molar-refractivity contribution in [3.05, 3.63) is 47.4 Å². The number of benzene rings is 1. The summed E-state index contributed by atoms with van der Waals surface area (Å²) in [5.41, 5.74) is 0. The van der Waals surface area contributed by atoms with Gasteiger partial charge in [-0.2, -0.15) is 0 Å². The van der Waals surface area contributed by atoms with Gasteiger partial charge in [0.25, 0.3) is 0 Å². The lowest BCUT2D eigenvalue weighted by Gasteiger charge is -2.15. The van der Waals surface area contributed by atoms with E-state index in [1.54, 1.807) is 17.4 Å². The number of hydrogen-bond donors (Lipinski definition) is 2. The van der Waals surface area contributed by atoms with Crippen LogP contribution in [0.15, 0.2) is 42.5 Å². The molecular formula is C18H18O4S. The SMILES string of the molecule is O=C1C[C@@H]2[C@@H](C=CC(O)c3cc4ccccc4s3)[C@H](O)C[C@@H]2O1. The van der Waals surface area contributed by atoms with Crippen LogP contribution in [-0.2, 0) is 9.53 Å². The van der Waals surface area contributed by atoms with E-state index in [-0.39, 0.29) is 23.9 Å². The van der Waals surface area contributed by atoms with Crippen LogP contribution < -0.4 is 0 Å². The smallest absolute Gasteiger partial charge is 0.306 e. The molecule has 0 amide bonds. The number of fused-ring (bicyclic) bond motifs is 2. The normalized spacial score (nSPS) is 31.7. The minimum Gasteiger partial charge on any atom is -0.462 e. The van der Waals surface area contributed by atoms with E-state index in [4.69, 9.17) is 4.74 Å². The van der Waals surface area contributed by atoms with Gasteiger partial charge in [0.15, 0.2) is 0 Å². The summed E-state index contributed by atoms with van der Waals surface area (Å²) in [5, 5.41) is 21.7. The van der Waals surface area contributed by atoms with Crippen molar-refractivity contribution in [3.8, 4) is 0 Å². The van der Waals surface area contributed by atoms with Crippen molar-refractivity contribution in [2.75, 3.05) is 0 Å². The molecule has 2 aromatic rings. The predicted octanol–water partition coefficient (Wildman–Crippen LogP) is 2.80. The molecule has 5 atom stereocenters. The second-order valence-electron chi connectivity index (χ2n) is 6.29. The number of aliphatic hydroxyl groups excluding tert-OH is 2. The van der Waals surface area contributed by atoms with Crippen molar-refractivity contribution in [1.29, 1.82) is 0 Å². The van der Waals surface area contributed by atoms with E-state index in [2.05, 4.69) is 0 Å². The van der Waals surface area contributed by atoms with Crippen molar-refractivity contribution >= 4 is 27.4 Å². The van der Waals surface area contributed by atoms with Crippen LogP contribution in [0.1, 0.15) is 23.8 Å². The zero-order valence-corrected chi connectivity index (χ0v) is 13.3. The van der Waals surface area contributed by atoms with Gasteiger partial charge in [0.1, 0.15) is 12.2 Å². The zero-order valence-electron chi connectivity index (χ0n) is 12.5. The van der Waals surface area contributed by atoms with Crippen LogP contribution in [0, 0.1) is 11.8 Å². The summed E-state index contributed by atoms with van der Waals surface area (Å²) in [7, 11) is 0. The maximum Gasteiger partial charge on any atom is 0.306 e. The van der Waals surface area contributed by atoms with Gasteiger partial charge in [-0.3, -0.25) is 4.79 Å². The van der Waals surface area contributed by atoms with Crippen LogP contribution in [0.5, 0.6) is 0 Å². The Hall–Kier alpha value is -1.69. The Morgan fingerprint density at radius 3 is 3.00 bits per heavy atom. The van der Waals surface area contributed by atoms with Crippen LogP contribution in [-0.4, -0.2) is 28.4 Å². The van der Waals surface area contributed by atoms with Crippen molar-refractivity contribution in [1.82, 2.24) is 0 Å². The highest BCUT2D eigenvalue weighted by molar-refractivity contribution is 7.19. The molecule has 1 aliphatic carbocycles. The van der Waals surface area contributed by atoms with Crippen LogP contribution in [0.25, 0.3) is 10.1 Å². The molecule has 0 spiro atoms. The third kappa shape index (κ3) is 2.69. The maximum absolute atomic E-state index is 11.4. The van der Waals surface area contributed by atoms with Gasteiger partial charge in [-0.1, -0.05) is 30.4 Å². The lowest BCUT2D eigenvalue weighted by Crippen LogP contribution is -2.17. The minimum absolute atomic E-state index is 0.0309. The predicted molar refractivity (Wildman–Crippen MR) is 88.0 cm³/mol. The molecule has 4 nitrogen and oxygen atoms in total. The number of thiophene rings is 1. The highest BCUT2D eigenvalue weighted by Gasteiger charge is 2.48. The first-order chi connectivity index (χ1) is 11.1. The first-order valence-corrected chi connectivity index (χ1v) is 8.66. The molecule has 120 valence electrons. The van der Waals surface area contributed by atoms with Gasteiger partial charge >= 0.3 is 5.97 Å². The number of carbonyl (C=O) groups is 1. The number of ether oxygens (including phenoxy) is 1. The number of carbonyl (C=O) groups excluding carboxylic acids is 1. The van der Waals surface area contributed by atoms with E-state index in [0.29, 0.717) is 12.8 Å². The Kier molecular flexibility index (Phi) is 3.71. The summed E-state index contributed by atoms with van der Waals surface area (Å²) in [6.45, 7) is 0. The van der Waals surface area contributed by atoms with Crippen LogP contribution >= 0.6 is 11.3 Å². The van der Waals surface area contributed by atoms with E-state index in [1.807, 2.05) is 36.4 Å². The number of aliphatic hydroxyl groups is 2. The molecule has 23 heavy (non-hydrogen) atoms. The quantitative estimate of drug-likeness (QED) is 0.671. The summed E-state index contributed by atoms with van der Waals surface area (Å²) >= 11 is 1.57. The Morgan fingerprint density at radius 2 is 2.17 bits per heavy atom. The first-order valence-electron chi connectivity index (χ1n) is 7.84. The highest BCUT2D eigenvalue weighted by atomic mass is 32.1. The van der Waals surface area contributed by atoms with E-state index in [1.165, 1.54) is 0 Å². The molecule has 2 heterocycles. The topological polar surface area (TPSA) is 66.8 Å². The van der Waals surface area contributed by atoms with Gasteiger partial charge in [-0.25, -0.2) is 0 Å². The summed E-state index contributed by atoms with van der Waals surface area (Å²) in [6, 6.07) is 10.0. The van der Waals surface area contributed by atoms with Crippen molar-refractivity contribution in [3.63, 3.8) is 0 Å². The molecule has 1 saturated heterocycles. The summed E-state index contributed by atoms with van der Waals surface area (Å²) < 4.78 is 6.37. The van der Waals surface area contributed by atoms with Crippen LogP contribution in [0.2, 0.25) is 0 Å². The molecule has 1 aromatic heterocycles. The second-order valence-corrected chi connectivity index (χ2v) is 7.41. The van der Waals surface area contributed by atoms with Crippen molar-refractivity contribution in [2.24, 2.45) is 11.8 Å². The zero-order chi connectivity index (χ0) is 16.0. The molecule has 1 unspecified atom stereocenters. The molecule has 0 bridgehead atoms. The highest BCUT2D eigenvalue weighted by Crippen LogP contribution is 2.42. The number of esters is 1. The monoisotopic (exact) mass is 330 g/mol. The molecule has 1 aliphatic heterocycles. The fourth-order valence-corrected chi connectivity index (χ4v) is 4.69. The molecule has 0 radical (unpaired) electrons. The first kappa shape index (κ1) is 14.9. The molecule has 1 aromatic carbocycles. The van der Waals surface area contributed by atoms with Gasteiger partial charge < -0.3 is 14.9 Å². The molecule has 1 saturated carbocycles. The second kappa shape index (κ2) is 5.74. The number of hydrogen-bond acceptors (Lipinski definition) is 5. The summed E-state index contributed by atoms with van der Waals surface area (Å²) in [4.78, 5) is 12.3. The number of rotatable bonds is 3. The third-order valence-corrected chi connectivity index (χ3v) is 6.01. The molecule has 2 fully saturated rings. The maximum atomic E-state index is 11.4. The van der Waals surface area contributed by atoms with Crippen molar-refractivity contribution in [2.45, 2.75) is 31.2 Å². The molecule has 2 aliphatic rings. The van der Waals surface area contributed by atoms with Gasteiger partial charge in [-0.15, -0.1) is 11.3 Å². The lowest BCUT2D eigenvalue weighted by molar-refractivity contribution is -0.141. The van der Waals surface area contributed by atoms with E-state index >= 15 is 0 Å². The Morgan fingerprint density at radius 1 is 1.35 bits per heavy atom. The fraction of sp³-hybridized carbons (Fsp3) is 0.389. The Labute approximate surface area is 138 Å². The Bertz CT molecular complexity index is 732. The standard InChI is InChI=1S/C18H18O4S/c19-13(17-7-10-3-1-2-4-16(10)23-17)6-5-11-12-8-18(21)22-15(12)9-14(11)20/h1-7,11-15,19-20H,8-9H2/t11-,12-,13?,14-,15+/m1/s1. The van der Waals surface area contributed by atoms with Gasteiger partial charge in [-0.05, 0) is 17.5 Å². The average molecular weight is 330 g/mol. The summed E-state index contributed by atoms with van der Waals surface area (Å²) in [6.07, 6.45) is 3.05. The van der Waals surface area contributed by atoms with Crippen LogP contribution in [0.4, 0.5) is 0 Å². The van der Waals surface area contributed by atoms with Crippen molar-refractivity contribution < 1.29 is 19.7 Å². The van der Waals surface area contributed by atoms with E-state index in [9.17, 15) is 15.0 Å². The Balaban J connectivity index is 1.52. The fourth-order valence-electron chi connectivity index (χ4n) is 3.66. The minimum atomic E-state index is -0.698. The third-order valence-electron chi connectivity index (χ3n) is 4.83. The molecule has 2 N–H and O–H groups in total. The van der Waals surface area contributed by atoms with E-state index in [0.717, 1.165) is 15.0 Å². The van der Waals surface area contributed by atoms with E-state index < -0.39 is 12.2 Å². The van der Waals surface area contributed by atoms with Crippen LogP contribution in [0.3, 0.4) is 0 Å². The largest absolute Gasteiger partial charge is 0.462 e. The lowest BCUT2D eigenvalue weighted by atomic mass is 9.91.